The number of aromatic amines is 1. The van der Waals surface area contributed by atoms with Gasteiger partial charge in [-0.25, -0.2) is 14.4 Å². The Hall–Kier alpha value is -3.92. The molecule has 10 heteroatoms. The fraction of sp³-hybridized carbons (Fsp3) is 0.393. The first-order chi connectivity index (χ1) is 18.4. The summed E-state index contributed by atoms with van der Waals surface area (Å²) in [5.41, 5.74) is 2.31. The number of hydrogen-bond donors (Lipinski definition) is 1. The van der Waals surface area contributed by atoms with Gasteiger partial charge in [0.2, 0.25) is 11.8 Å². The number of halogens is 1. The molecular formula is C28H29FN4O5. The van der Waals surface area contributed by atoms with Crippen LogP contribution in [-0.4, -0.2) is 65.8 Å². The van der Waals surface area contributed by atoms with Crippen LogP contribution in [0.3, 0.4) is 0 Å². The van der Waals surface area contributed by atoms with Gasteiger partial charge in [-0.3, -0.25) is 4.79 Å². The lowest BCUT2D eigenvalue weighted by atomic mass is 9.85. The second-order valence-electron chi connectivity index (χ2n) is 10.1. The van der Waals surface area contributed by atoms with Crippen molar-refractivity contribution in [3.63, 3.8) is 0 Å². The molecule has 0 radical (unpaired) electrons. The molecule has 1 amide bonds. The Balaban J connectivity index is 1.14. The van der Waals surface area contributed by atoms with Crippen LogP contribution in [0.2, 0.25) is 0 Å². The standard InChI is InChI=1S/C28H29FN4O5/c1-17-10-18-20(32-17)5-6-22(26(18)29)38-27-19-11-23(35-2)24(12-21(19)30-16-31-27)37-9-3-4-25(34)33-8-7-28(13-33)14-36-15-28/h5-6,10-12,16,32H,3-4,7-9,13-15H2,1-2H3. The molecular weight excluding hydrogens is 491 g/mol. The molecule has 4 heterocycles. The second-order valence-corrected chi connectivity index (χ2v) is 10.1. The lowest BCUT2D eigenvalue weighted by molar-refractivity contribution is -0.135. The molecule has 1 spiro atoms. The van der Waals surface area contributed by atoms with Crippen molar-refractivity contribution in [2.45, 2.75) is 26.2 Å². The van der Waals surface area contributed by atoms with Crippen LogP contribution in [0.25, 0.3) is 21.8 Å². The normalized spacial score (nSPS) is 16.2. The van der Waals surface area contributed by atoms with Crippen LogP contribution in [-0.2, 0) is 9.53 Å². The quantitative estimate of drug-likeness (QED) is 0.334. The molecule has 1 N–H and O–H groups in total. The molecule has 6 rings (SSSR count). The first kappa shape index (κ1) is 24.4. The average molecular weight is 521 g/mol. The Morgan fingerprint density at radius 1 is 1.16 bits per heavy atom. The molecule has 2 aromatic carbocycles. The van der Waals surface area contributed by atoms with Crippen LogP contribution in [0.4, 0.5) is 4.39 Å². The highest BCUT2D eigenvalue weighted by Crippen LogP contribution is 2.39. The summed E-state index contributed by atoms with van der Waals surface area (Å²) in [5, 5.41) is 1.01. The molecule has 2 aromatic heterocycles. The zero-order valence-electron chi connectivity index (χ0n) is 21.4. The van der Waals surface area contributed by atoms with E-state index in [1.54, 1.807) is 30.3 Å². The van der Waals surface area contributed by atoms with E-state index in [2.05, 4.69) is 15.0 Å². The van der Waals surface area contributed by atoms with E-state index in [0.29, 0.717) is 52.8 Å². The second kappa shape index (κ2) is 9.75. The number of aromatic nitrogens is 3. The maximum Gasteiger partial charge on any atom is 0.230 e. The molecule has 0 saturated carbocycles. The highest BCUT2D eigenvalue weighted by molar-refractivity contribution is 5.87. The summed E-state index contributed by atoms with van der Waals surface area (Å²) < 4.78 is 37.8. The van der Waals surface area contributed by atoms with Crippen molar-refractivity contribution in [3.8, 4) is 23.1 Å². The Bertz CT molecular complexity index is 1520. The lowest BCUT2D eigenvalue weighted by Crippen LogP contribution is -2.45. The van der Waals surface area contributed by atoms with Crippen LogP contribution in [0.15, 0.2) is 36.7 Å². The Kier molecular flexibility index (Phi) is 6.27. The number of ether oxygens (including phenoxy) is 4. The summed E-state index contributed by atoms with van der Waals surface area (Å²) in [7, 11) is 1.54. The molecule has 4 aromatic rings. The smallest absolute Gasteiger partial charge is 0.230 e. The van der Waals surface area contributed by atoms with Gasteiger partial charge in [-0.1, -0.05) is 0 Å². The topological polar surface area (TPSA) is 98.8 Å². The lowest BCUT2D eigenvalue weighted by Gasteiger charge is -2.37. The number of aryl methyl sites for hydroxylation is 1. The number of H-pyrrole nitrogens is 1. The van der Waals surface area contributed by atoms with Crippen LogP contribution >= 0.6 is 0 Å². The molecule has 2 aliphatic rings. The van der Waals surface area contributed by atoms with E-state index < -0.39 is 5.82 Å². The van der Waals surface area contributed by atoms with Gasteiger partial charge < -0.3 is 28.8 Å². The predicted octanol–water partition coefficient (Wildman–Crippen LogP) is 4.77. The molecule has 9 nitrogen and oxygen atoms in total. The zero-order chi connectivity index (χ0) is 26.3. The van der Waals surface area contributed by atoms with E-state index >= 15 is 4.39 Å². The summed E-state index contributed by atoms with van der Waals surface area (Å²) in [4.78, 5) is 26.2. The number of amides is 1. The number of benzene rings is 2. The summed E-state index contributed by atoms with van der Waals surface area (Å²) in [6, 6.07) is 8.53. The number of rotatable bonds is 8. The molecule has 0 unspecified atom stereocenters. The fourth-order valence-electron chi connectivity index (χ4n) is 5.20. The van der Waals surface area contributed by atoms with Gasteiger partial charge in [0.1, 0.15) is 6.33 Å². The minimum Gasteiger partial charge on any atom is -0.493 e. The molecule has 38 heavy (non-hydrogen) atoms. The summed E-state index contributed by atoms with van der Waals surface area (Å²) in [6.07, 6.45) is 3.38. The Morgan fingerprint density at radius 2 is 2.03 bits per heavy atom. The Labute approximate surface area is 218 Å². The molecule has 198 valence electrons. The van der Waals surface area contributed by atoms with Crippen molar-refractivity contribution in [3.05, 3.63) is 48.2 Å². The first-order valence-corrected chi connectivity index (χ1v) is 12.7. The van der Waals surface area contributed by atoms with E-state index in [4.69, 9.17) is 18.9 Å². The maximum absolute atomic E-state index is 15.1. The van der Waals surface area contributed by atoms with Crippen molar-refractivity contribution in [1.82, 2.24) is 19.9 Å². The molecule has 2 fully saturated rings. The maximum atomic E-state index is 15.1. The van der Waals surface area contributed by atoms with Gasteiger partial charge >= 0.3 is 0 Å². The van der Waals surface area contributed by atoms with Crippen LogP contribution < -0.4 is 14.2 Å². The predicted molar refractivity (Wildman–Crippen MR) is 138 cm³/mol. The van der Waals surface area contributed by atoms with Crippen LogP contribution in [0, 0.1) is 18.2 Å². The van der Waals surface area contributed by atoms with Crippen LogP contribution in [0.5, 0.6) is 23.1 Å². The monoisotopic (exact) mass is 520 g/mol. The number of methoxy groups -OCH3 is 1. The minimum absolute atomic E-state index is 0.0641. The van der Waals surface area contributed by atoms with Crippen molar-refractivity contribution < 1.29 is 28.1 Å². The summed E-state index contributed by atoms with van der Waals surface area (Å²) in [5.74, 6) is 0.916. The van der Waals surface area contributed by atoms with Gasteiger partial charge in [-0.15, -0.1) is 0 Å². The third kappa shape index (κ3) is 4.49. The van der Waals surface area contributed by atoms with E-state index in [1.165, 1.54) is 13.4 Å². The fourth-order valence-corrected chi connectivity index (χ4v) is 5.20. The SMILES string of the molecule is COc1cc2c(Oc3ccc4[nH]c(C)cc4c3F)ncnc2cc1OCCCC(=O)N1CCC2(COC2)C1. The van der Waals surface area contributed by atoms with Crippen molar-refractivity contribution >= 4 is 27.7 Å². The first-order valence-electron chi connectivity index (χ1n) is 12.7. The highest BCUT2D eigenvalue weighted by Gasteiger charge is 2.45. The van der Waals surface area contributed by atoms with Crippen molar-refractivity contribution in [1.29, 1.82) is 0 Å². The number of carbonyl (C=O) groups excluding carboxylic acids is 1. The van der Waals surface area contributed by atoms with E-state index in [0.717, 1.165) is 38.4 Å². The van der Waals surface area contributed by atoms with Gasteiger partial charge in [-0.2, -0.15) is 0 Å². The summed E-state index contributed by atoms with van der Waals surface area (Å²) in [6.45, 7) is 5.33. The van der Waals surface area contributed by atoms with E-state index in [-0.39, 0.29) is 23.0 Å². The van der Waals surface area contributed by atoms with Gasteiger partial charge in [0.25, 0.3) is 0 Å². The third-order valence-corrected chi connectivity index (χ3v) is 7.33. The molecule has 0 atom stereocenters. The highest BCUT2D eigenvalue weighted by atomic mass is 19.1. The number of hydrogen-bond acceptors (Lipinski definition) is 7. The van der Waals surface area contributed by atoms with E-state index in [1.807, 2.05) is 11.8 Å². The number of nitrogens with zero attached hydrogens (tertiary/aromatic N) is 3. The third-order valence-electron chi connectivity index (χ3n) is 7.33. The largest absolute Gasteiger partial charge is 0.493 e. The number of fused-ring (bicyclic) bond motifs is 2. The van der Waals surface area contributed by atoms with Crippen LogP contribution in [0.1, 0.15) is 25.0 Å². The van der Waals surface area contributed by atoms with Crippen molar-refractivity contribution in [2.75, 3.05) is 40.0 Å². The molecule has 2 aliphatic heterocycles. The van der Waals surface area contributed by atoms with E-state index in [9.17, 15) is 4.79 Å². The molecule has 2 saturated heterocycles. The number of likely N-dealkylation sites (tertiary alicyclic amines) is 1. The molecule has 0 bridgehead atoms. The number of carbonyl (C=O) groups is 1. The Morgan fingerprint density at radius 3 is 2.79 bits per heavy atom. The summed E-state index contributed by atoms with van der Waals surface area (Å²) >= 11 is 0. The molecule has 0 aliphatic carbocycles. The van der Waals surface area contributed by atoms with Gasteiger partial charge in [-0.05, 0) is 44.0 Å². The number of nitrogens with one attached hydrogen (secondary N) is 1. The van der Waals surface area contributed by atoms with Gasteiger partial charge in [0.15, 0.2) is 23.1 Å². The average Bonchev–Trinajstić information content (AvgIpc) is 3.52. The zero-order valence-corrected chi connectivity index (χ0v) is 21.4. The van der Waals surface area contributed by atoms with Crippen molar-refractivity contribution in [2.24, 2.45) is 5.41 Å². The van der Waals surface area contributed by atoms with Gasteiger partial charge in [0.05, 0.1) is 37.8 Å². The minimum atomic E-state index is -0.467. The van der Waals surface area contributed by atoms with Gasteiger partial charge in [0, 0.05) is 47.6 Å².